The van der Waals surface area contributed by atoms with Crippen LogP contribution in [0, 0.1) is 10.1 Å². The van der Waals surface area contributed by atoms with Crippen LogP contribution in [-0.2, 0) is 7.05 Å². The van der Waals surface area contributed by atoms with Crippen LogP contribution in [0.1, 0.15) is 0 Å². The molecule has 6 nitrogen and oxygen atoms in total. The first kappa shape index (κ1) is 13.6. The number of nitro groups is 1. The summed E-state index contributed by atoms with van der Waals surface area (Å²) < 4.78 is 1.65. The molecule has 19 heavy (non-hydrogen) atoms. The highest BCUT2D eigenvalue weighted by atomic mass is 35.5. The summed E-state index contributed by atoms with van der Waals surface area (Å²) in [6.45, 7) is 0. The highest BCUT2D eigenvalue weighted by molar-refractivity contribution is 7.11. The van der Waals surface area contributed by atoms with Crippen molar-refractivity contribution in [3.05, 3.63) is 44.9 Å². The van der Waals surface area contributed by atoms with Crippen molar-refractivity contribution >= 4 is 39.5 Å². The molecular formula is C11H11ClN4O2S. The van der Waals surface area contributed by atoms with Crippen LogP contribution in [0.15, 0.2) is 29.3 Å². The van der Waals surface area contributed by atoms with Crippen LogP contribution in [0.5, 0.6) is 0 Å². The van der Waals surface area contributed by atoms with Crippen molar-refractivity contribution in [3.63, 3.8) is 0 Å². The lowest BCUT2D eigenvalue weighted by Crippen LogP contribution is -2.14. The zero-order chi connectivity index (χ0) is 14.0. The number of halogens is 1. The first-order valence-electron chi connectivity index (χ1n) is 5.33. The van der Waals surface area contributed by atoms with Gasteiger partial charge >= 0.3 is 5.69 Å². The second-order valence-corrected chi connectivity index (χ2v) is 5.28. The first-order chi connectivity index (χ1) is 9.02. The van der Waals surface area contributed by atoms with E-state index in [4.69, 9.17) is 11.6 Å². The Bertz CT molecular complexity index is 675. The zero-order valence-corrected chi connectivity index (χ0v) is 11.8. The van der Waals surface area contributed by atoms with Crippen molar-refractivity contribution in [3.8, 4) is 0 Å². The lowest BCUT2D eigenvalue weighted by Gasteiger charge is -2.02. The molecule has 0 atom stereocenters. The van der Waals surface area contributed by atoms with E-state index >= 15 is 0 Å². The van der Waals surface area contributed by atoms with Gasteiger partial charge < -0.3 is 5.32 Å². The number of nitrogens with zero attached hydrogens (tertiary/aromatic N) is 3. The summed E-state index contributed by atoms with van der Waals surface area (Å²) in [6.07, 6.45) is 0. The first-order valence-corrected chi connectivity index (χ1v) is 6.48. The van der Waals surface area contributed by atoms with E-state index in [9.17, 15) is 10.1 Å². The van der Waals surface area contributed by atoms with Crippen LogP contribution >= 0.6 is 23.1 Å². The molecule has 0 radical (unpaired) electrons. The molecule has 1 heterocycles. The number of hydrogen-bond acceptors (Lipinski definition) is 5. The predicted molar refractivity (Wildman–Crippen MR) is 76.2 cm³/mol. The topological polar surface area (TPSA) is 72.5 Å². The molecule has 0 fully saturated rings. The van der Waals surface area contributed by atoms with Gasteiger partial charge in [0, 0.05) is 24.8 Å². The number of hydrogen-bond donors (Lipinski definition) is 1. The van der Waals surface area contributed by atoms with Crippen LogP contribution in [0.2, 0.25) is 5.02 Å². The third-order valence-corrected chi connectivity index (χ3v) is 3.63. The summed E-state index contributed by atoms with van der Waals surface area (Å²) in [7, 11) is 3.26. The summed E-state index contributed by atoms with van der Waals surface area (Å²) in [5.74, 6) is 0. The van der Waals surface area contributed by atoms with Gasteiger partial charge in [-0.1, -0.05) is 11.6 Å². The Kier molecular flexibility index (Phi) is 3.87. The molecule has 1 aromatic heterocycles. The fraction of sp³-hybridized carbons (Fsp3) is 0.182. The van der Waals surface area contributed by atoms with Gasteiger partial charge in [0.25, 0.3) is 0 Å². The fourth-order valence-electron chi connectivity index (χ4n) is 1.63. The third kappa shape index (κ3) is 2.77. The molecule has 100 valence electrons. The van der Waals surface area contributed by atoms with Gasteiger partial charge in [-0.15, -0.1) is 0 Å². The van der Waals surface area contributed by atoms with E-state index in [0.717, 1.165) is 5.69 Å². The molecule has 1 N–H and O–H groups in total. The zero-order valence-electron chi connectivity index (χ0n) is 10.3. The molecule has 0 aliphatic heterocycles. The summed E-state index contributed by atoms with van der Waals surface area (Å²) in [5.41, 5.74) is 1.05. The van der Waals surface area contributed by atoms with E-state index in [1.54, 1.807) is 35.3 Å². The van der Waals surface area contributed by atoms with E-state index in [2.05, 4.69) is 10.3 Å². The monoisotopic (exact) mass is 298 g/mol. The quantitative estimate of drug-likeness (QED) is 0.699. The van der Waals surface area contributed by atoms with E-state index in [-0.39, 0.29) is 5.69 Å². The number of rotatable bonds is 3. The van der Waals surface area contributed by atoms with E-state index in [0.29, 0.717) is 15.5 Å². The Morgan fingerprint density at radius 1 is 1.42 bits per heavy atom. The fourth-order valence-corrected chi connectivity index (χ4v) is 2.70. The highest BCUT2D eigenvalue weighted by Crippen LogP contribution is 2.29. The molecule has 2 rings (SSSR count). The van der Waals surface area contributed by atoms with Gasteiger partial charge in [-0.25, -0.2) is 0 Å². The number of benzene rings is 1. The Morgan fingerprint density at radius 3 is 2.58 bits per heavy atom. The number of aromatic nitrogens is 1. The molecule has 0 saturated carbocycles. The lowest BCUT2D eigenvalue weighted by atomic mass is 10.3. The second-order valence-electron chi connectivity index (χ2n) is 3.70. The summed E-state index contributed by atoms with van der Waals surface area (Å²) in [4.78, 5) is 14.6. The minimum atomic E-state index is -0.433. The number of anilines is 2. The van der Waals surface area contributed by atoms with Crippen molar-refractivity contribution in [1.82, 2.24) is 3.96 Å². The van der Waals surface area contributed by atoms with E-state index in [1.165, 1.54) is 18.6 Å². The Hall–Kier alpha value is -1.86. The van der Waals surface area contributed by atoms with Gasteiger partial charge in [0.05, 0.1) is 4.92 Å². The second kappa shape index (κ2) is 5.41. The van der Waals surface area contributed by atoms with Crippen molar-refractivity contribution in [2.45, 2.75) is 0 Å². The van der Waals surface area contributed by atoms with Gasteiger partial charge in [0.15, 0.2) is 5.00 Å². The molecule has 0 amide bonds. The Labute approximate surface area is 118 Å². The van der Waals surface area contributed by atoms with Crippen molar-refractivity contribution in [1.29, 1.82) is 0 Å². The summed E-state index contributed by atoms with van der Waals surface area (Å²) >= 11 is 7.03. The number of nitrogens with one attached hydrogen (secondary N) is 1. The maximum absolute atomic E-state index is 11.1. The van der Waals surface area contributed by atoms with Crippen molar-refractivity contribution in [2.24, 2.45) is 12.0 Å². The van der Waals surface area contributed by atoms with Gasteiger partial charge in [-0.05, 0) is 35.8 Å². The van der Waals surface area contributed by atoms with Crippen LogP contribution < -0.4 is 10.8 Å². The summed E-state index contributed by atoms with van der Waals surface area (Å²) in [5, 5.41) is 15.2. The molecule has 8 heteroatoms. The third-order valence-electron chi connectivity index (χ3n) is 2.45. The summed E-state index contributed by atoms with van der Waals surface area (Å²) in [6, 6.07) is 6.95. The predicted octanol–water partition coefficient (Wildman–Crippen LogP) is 2.92. The van der Waals surface area contributed by atoms with Crippen LogP contribution in [0.4, 0.5) is 16.4 Å². The standard InChI is InChI=1S/C11H11ClN4O2S/c1-13-10-9(16(17)18)11(19-15(10)2)14-8-5-3-7(12)4-6-8/h3-6,14H,1-2H3. The maximum atomic E-state index is 11.1. The molecule has 0 bridgehead atoms. The normalized spacial score (nSPS) is 11.6. The van der Waals surface area contributed by atoms with E-state index in [1.807, 2.05) is 0 Å². The lowest BCUT2D eigenvalue weighted by molar-refractivity contribution is -0.385. The van der Waals surface area contributed by atoms with E-state index < -0.39 is 4.92 Å². The molecule has 0 spiro atoms. The minimum Gasteiger partial charge on any atom is -0.340 e. The van der Waals surface area contributed by atoms with Crippen LogP contribution in [0.25, 0.3) is 0 Å². The number of aryl methyl sites for hydroxylation is 1. The van der Waals surface area contributed by atoms with Crippen LogP contribution in [-0.4, -0.2) is 15.9 Å². The van der Waals surface area contributed by atoms with Gasteiger partial charge in [-0.3, -0.25) is 19.1 Å². The molecule has 0 saturated heterocycles. The molecule has 1 aromatic carbocycles. The maximum Gasteiger partial charge on any atom is 0.347 e. The van der Waals surface area contributed by atoms with Gasteiger partial charge in [-0.2, -0.15) is 0 Å². The molecular weight excluding hydrogens is 288 g/mol. The van der Waals surface area contributed by atoms with Crippen molar-refractivity contribution < 1.29 is 4.92 Å². The smallest absolute Gasteiger partial charge is 0.340 e. The molecule has 2 aromatic rings. The highest BCUT2D eigenvalue weighted by Gasteiger charge is 2.22. The largest absolute Gasteiger partial charge is 0.347 e. The SMILES string of the molecule is CN=c1c([N+](=O)[O-])c(Nc2ccc(Cl)cc2)sn1C. The molecule has 0 unspecified atom stereocenters. The molecule has 0 aliphatic rings. The minimum absolute atomic E-state index is 0.0232. The van der Waals surface area contributed by atoms with Crippen LogP contribution in [0.3, 0.4) is 0 Å². The van der Waals surface area contributed by atoms with Crippen molar-refractivity contribution in [2.75, 3.05) is 12.4 Å². The van der Waals surface area contributed by atoms with Gasteiger partial charge in [0.2, 0.25) is 5.49 Å². The average Bonchev–Trinajstić information content (AvgIpc) is 2.68. The Morgan fingerprint density at radius 2 is 2.05 bits per heavy atom. The average molecular weight is 299 g/mol. The Balaban J connectivity index is 2.46. The molecule has 0 aliphatic carbocycles. The van der Waals surface area contributed by atoms with Gasteiger partial charge in [0.1, 0.15) is 0 Å².